The van der Waals surface area contributed by atoms with Crippen molar-refractivity contribution in [3.05, 3.63) is 16.5 Å². The molecular formula is C7H7BrN2O3. The summed E-state index contributed by atoms with van der Waals surface area (Å²) in [6.07, 6.45) is -0.141. The minimum absolute atomic E-state index is 0.141. The van der Waals surface area contributed by atoms with Crippen LogP contribution in [-0.4, -0.2) is 28.2 Å². The van der Waals surface area contributed by atoms with Crippen LogP contribution in [0.3, 0.4) is 0 Å². The Morgan fingerprint density at radius 3 is 2.92 bits per heavy atom. The average molecular weight is 247 g/mol. The number of rotatable bonds is 3. The summed E-state index contributed by atoms with van der Waals surface area (Å²) < 4.78 is 5.17. The van der Waals surface area contributed by atoms with Gasteiger partial charge in [0, 0.05) is 6.07 Å². The minimum Gasteiger partial charge on any atom is -0.481 e. The van der Waals surface area contributed by atoms with Gasteiger partial charge in [0.1, 0.15) is 0 Å². The minimum atomic E-state index is -0.937. The third kappa shape index (κ3) is 2.98. The van der Waals surface area contributed by atoms with Gasteiger partial charge in [-0.15, -0.1) is 0 Å². The zero-order chi connectivity index (χ0) is 9.84. The van der Waals surface area contributed by atoms with Gasteiger partial charge in [0.05, 0.1) is 19.2 Å². The summed E-state index contributed by atoms with van der Waals surface area (Å²) in [5, 5.41) is 8.50. The Hall–Kier alpha value is -1.17. The van der Waals surface area contributed by atoms with Crippen molar-refractivity contribution >= 4 is 21.9 Å². The SMILES string of the molecule is COc1cc(CC(=O)O)nc(Br)n1. The topological polar surface area (TPSA) is 72.3 Å². The second-order valence-corrected chi connectivity index (χ2v) is 2.95. The number of methoxy groups -OCH3 is 1. The lowest BCUT2D eigenvalue weighted by Gasteiger charge is -2.01. The van der Waals surface area contributed by atoms with Gasteiger partial charge < -0.3 is 9.84 Å². The number of carboxylic acids is 1. The second-order valence-electron chi connectivity index (χ2n) is 2.24. The molecule has 0 amide bonds. The molecule has 0 radical (unpaired) electrons. The highest BCUT2D eigenvalue weighted by Gasteiger charge is 2.06. The van der Waals surface area contributed by atoms with Crippen LogP contribution in [0.2, 0.25) is 0 Å². The zero-order valence-electron chi connectivity index (χ0n) is 6.82. The van der Waals surface area contributed by atoms with Crippen LogP contribution in [0, 0.1) is 0 Å². The molecule has 0 spiro atoms. The van der Waals surface area contributed by atoms with Crippen LogP contribution in [0.25, 0.3) is 0 Å². The molecule has 0 aliphatic heterocycles. The van der Waals surface area contributed by atoms with E-state index in [-0.39, 0.29) is 6.42 Å². The molecule has 1 rings (SSSR count). The maximum atomic E-state index is 10.4. The second kappa shape index (κ2) is 4.18. The molecule has 0 unspecified atom stereocenters. The van der Waals surface area contributed by atoms with Crippen molar-refractivity contribution in [2.75, 3.05) is 7.11 Å². The summed E-state index contributed by atoms with van der Waals surface area (Å²) in [7, 11) is 1.46. The number of aliphatic carboxylic acids is 1. The molecule has 6 heteroatoms. The zero-order valence-corrected chi connectivity index (χ0v) is 8.41. The molecule has 0 saturated carbocycles. The number of hydrogen-bond acceptors (Lipinski definition) is 4. The van der Waals surface area contributed by atoms with Crippen molar-refractivity contribution in [1.29, 1.82) is 0 Å². The van der Waals surface area contributed by atoms with Crippen LogP contribution < -0.4 is 4.74 Å². The molecular weight excluding hydrogens is 240 g/mol. The van der Waals surface area contributed by atoms with Crippen LogP contribution in [0.4, 0.5) is 0 Å². The van der Waals surface area contributed by atoms with Gasteiger partial charge in [0.25, 0.3) is 0 Å². The number of aromatic nitrogens is 2. The number of carboxylic acid groups (broad SMARTS) is 1. The summed E-state index contributed by atoms with van der Waals surface area (Å²) in [5.74, 6) is -0.592. The Morgan fingerprint density at radius 2 is 2.38 bits per heavy atom. The van der Waals surface area contributed by atoms with E-state index in [1.165, 1.54) is 13.2 Å². The van der Waals surface area contributed by atoms with Crippen molar-refractivity contribution in [3.8, 4) is 5.88 Å². The van der Waals surface area contributed by atoms with E-state index in [1.54, 1.807) is 0 Å². The van der Waals surface area contributed by atoms with E-state index >= 15 is 0 Å². The first-order chi connectivity index (χ1) is 6.11. The Labute approximate surface area is 82.9 Å². The largest absolute Gasteiger partial charge is 0.481 e. The first kappa shape index (κ1) is 9.91. The van der Waals surface area contributed by atoms with Gasteiger partial charge in [0.15, 0.2) is 4.73 Å². The van der Waals surface area contributed by atoms with E-state index in [0.717, 1.165) is 0 Å². The fourth-order valence-corrected chi connectivity index (χ4v) is 1.19. The van der Waals surface area contributed by atoms with Crippen LogP contribution in [0.5, 0.6) is 5.88 Å². The summed E-state index contributed by atoms with van der Waals surface area (Å²) in [6, 6.07) is 1.48. The van der Waals surface area contributed by atoms with E-state index in [2.05, 4.69) is 25.9 Å². The number of halogens is 1. The Balaban J connectivity index is 2.94. The Bertz CT molecular complexity index is 330. The van der Waals surface area contributed by atoms with Gasteiger partial charge in [-0.2, -0.15) is 4.98 Å². The Morgan fingerprint density at radius 1 is 1.69 bits per heavy atom. The molecule has 0 bridgehead atoms. The molecule has 13 heavy (non-hydrogen) atoms. The maximum Gasteiger partial charge on any atom is 0.309 e. The van der Waals surface area contributed by atoms with Crippen molar-refractivity contribution in [1.82, 2.24) is 9.97 Å². The molecule has 0 aliphatic carbocycles. The average Bonchev–Trinajstić information content (AvgIpc) is 2.01. The molecule has 1 N–H and O–H groups in total. The number of ether oxygens (including phenoxy) is 1. The predicted molar refractivity (Wildman–Crippen MR) is 47.6 cm³/mol. The van der Waals surface area contributed by atoms with Crippen LogP contribution in [-0.2, 0) is 11.2 Å². The highest BCUT2D eigenvalue weighted by Crippen LogP contribution is 2.12. The summed E-state index contributed by atoms with van der Waals surface area (Å²) in [4.78, 5) is 18.1. The van der Waals surface area contributed by atoms with Gasteiger partial charge in [0.2, 0.25) is 5.88 Å². The fraction of sp³-hybridized carbons (Fsp3) is 0.286. The maximum absolute atomic E-state index is 10.4. The summed E-state index contributed by atoms with van der Waals surface area (Å²) in [5.41, 5.74) is 0.409. The van der Waals surface area contributed by atoms with Crippen molar-refractivity contribution < 1.29 is 14.6 Å². The molecule has 0 saturated heterocycles. The number of nitrogens with zero attached hydrogens (tertiary/aromatic N) is 2. The van der Waals surface area contributed by atoms with Crippen molar-refractivity contribution in [3.63, 3.8) is 0 Å². The number of hydrogen-bond donors (Lipinski definition) is 1. The van der Waals surface area contributed by atoms with Crippen LogP contribution >= 0.6 is 15.9 Å². The normalized spacial score (nSPS) is 9.69. The molecule has 1 heterocycles. The van der Waals surface area contributed by atoms with Gasteiger partial charge in [-0.1, -0.05) is 0 Å². The van der Waals surface area contributed by atoms with Crippen molar-refractivity contribution in [2.45, 2.75) is 6.42 Å². The summed E-state index contributed by atoms with van der Waals surface area (Å²) in [6.45, 7) is 0. The van der Waals surface area contributed by atoms with Crippen LogP contribution in [0.15, 0.2) is 10.8 Å². The third-order valence-electron chi connectivity index (χ3n) is 1.27. The standard InChI is InChI=1S/C7H7BrN2O3/c1-13-5-2-4(3-6(11)12)9-7(8)10-5/h2H,3H2,1H3,(H,11,12). The van der Waals surface area contributed by atoms with E-state index in [4.69, 9.17) is 9.84 Å². The molecule has 0 atom stereocenters. The molecule has 0 aromatic carbocycles. The van der Waals surface area contributed by atoms with Gasteiger partial charge >= 0.3 is 5.97 Å². The first-order valence-electron chi connectivity index (χ1n) is 3.41. The molecule has 0 aliphatic rings. The molecule has 1 aromatic heterocycles. The summed E-state index contributed by atoms with van der Waals surface area (Å²) >= 11 is 3.05. The quantitative estimate of drug-likeness (QED) is 0.802. The fourth-order valence-electron chi connectivity index (χ4n) is 0.792. The lowest BCUT2D eigenvalue weighted by molar-refractivity contribution is -0.136. The Kier molecular flexibility index (Phi) is 3.18. The first-order valence-corrected chi connectivity index (χ1v) is 4.20. The van der Waals surface area contributed by atoms with E-state index in [0.29, 0.717) is 16.3 Å². The van der Waals surface area contributed by atoms with Gasteiger partial charge in [-0.05, 0) is 15.9 Å². The molecule has 5 nitrogen and oxygen atoms in total. The monoisotopic (exact) mass is 246 g/mol. The third-order valence-corrected chi connectivity index (χ3v) is 1.62. The van der Waals surface area contributed by atoms with E-state index < -0.39 is 5.97 Å². The highest BCUT2D eigenvalue weighted by molar-refractivity contribution is 9.10. The van der Waals surface area contributed by atoms with Gasteiger partial charge in [-0.25, -0.2) is 4.98 Å². The lowest BCUT2D eigenvalue weighted by Crippen LogP contribution is -2.04. The smallest absolute Gasteiger partial charge is 0.309 e. The molecule has 1 aromatic rings. The van der Waals surface area contributed by atoms with Crippen molar-refractivity contribution in [2.24, 2.45) is 0 Å². The van der Waals surface area contributed by atoms with Crippen LogP contribution in [0.1, 0.15) is 5.69 Å². The molecule has 0 fully saturated rings. The van der Waals surface area contributed by atoms with E-state index in [1.807, 2.05) is 0 Å². The molecule has 70 valence electrons. The van der Waals surface area contributed by atoms with Gasteiger partial charge in [-0.3, -0.25) is 4.79 Å². The highest BCUT2D eigenvalue weighted by atomic mass is 79.9. The lowest BCUT2D eigenvalue weighted by atomic mass is 10.3. The number of carbonyl (C=O) groups is 1. The van der Waals surface area contributed by atoms with E-state index in [9.17, 15) is 4.79 Å². The predicted octanol–water partition coefficient (Wildman–Crippen LogP) is 0.875.